The molecule has 7 heteroatoms. The van der Waals surface area contributed by atoms with Crippen LogP contribution in [0.25, 0.3) is 0 Å². The highest BCUT2D eigenvalue weighted by atomic mass is 32.2. The average molecular weight is 583 g/mol. The molecule has 3 N–H and O–H groups in total. The van der Waals surface area contributed by atoms with Crippen molar-refractivity contribution in [2.45, 2.75) is 43.2 Å². The van der Waals surface area contributed by atoms with E-state index in [0.717, 1.165) is 16.7 Å². The Bertz CT molecular complexity index is 1310. The topological polar surface area (TPSA) is 87.7 Å². The third-order valence-corrected chi connectivity index (χ3v) is 8.42. The fourth-order valence-corrected chi connectivity index (χ4v) is 6.43. The third kappa shape index (κ3) is 8.02. The smallest absolute Gasteiger partial charge is 0.407 e. The number of hydrogen-bond acceptors (Lipinski definition) is 5. The summed E-state index contributed by atoms with van der Waals surface area (Å²) in [4.78, 5) is 25.2. The number of benzene rings is 4. The summed E-state index contributed by atoms with van der Waals surface area (Å²) in [6.07, 6.45) is -0.550. The van der Waals surface area contributed by atoms with Crippen LogP contribution in [-0.2, 0) is 14.3 Å². The van der Waals surface area contributed by atoms with Gasteiger partial charge in [-0.1, -0.05) is 121 Å². The molecule has 0 aromatic heterocycles. The second-order valence-corrected chi connectivity index (χ2v) is 12.3. The molecule has 0 saturated heterocycles. The molecule has 2 atom stereocenters. The van der Waals surface area contributed by atoms with Gasteiger partial charge in [0.05, 0.1) is 10.8 Å². The molecule has 0 unspecified atom stereocenters. The fraction of sp³-hybridized carbons (Fsp3) is 0.257. The first-order valence-electron chi connectivity index (χ1n) is 14.0. The summed E-state index contributed by atoms with van der Waals surface area (Å²) in [5.41, 5.74) is 3.27. The van der Waals surface area contributed by atoms with Gasteiger partial charge in [0.2, 0.25) is 0 Å². The summed E-state index contributed by atoms with van der Waals surface area (Å²) in [6.45, 7) is 5.66. The molecule has 4 aromatic rings. The first-order chi connectivity index (χ1) is 20.2. The van der Waals surface area contributed by atoms with Crippen molar-refractivity contribution in [3.05, 3.63) is 144 Å². The number of aliphatic carboxylic acids is 1. The van der Waals surface area contributed by atoms with Crippen molar-refractivity contribution in [3.8, 4) is 0 Å². The summed E-state index contributed by atoms with van der Waals surface area (Å²) in [7, 11) is 0. The predicted octanol–water partition coefficient (Wildman–Crippen LogP) is 7.02. The second kappa shape index (κ2) is 14.2. The number of amides is 1. The highest BCUT2D eigenvalue weighted by Crippen LogP contribution is 2.48. The zero-order valence-corrected chi connectivity index (χ0v) is 25.0. The normalized spacial score (nSPS) is 13.1. The van der Waals surface area contributed by atoms with Gasteiger partial charge in [0, 0.05) is 12.3 Å². The van der Waals surface area contributed by atoms with E-state index >= 15 is 0 Å². The molecule has 0 bridgehead atoms. The molecule has 0 aliphatic rings. The van der Waals surface area contributed by atoms with Gasteiger partial charge in [-0.05, 0) is 43.0 Å². The first-order valence-corrected chi connectivity index (χ1v) is 15.0. The number of rotatable bonds is 12. The molecule has 1 amide bonds. The minimum absolute atomic E-state index is 0.215. The van der Waals surface area contributed by atoms with E-state index in [2.05, 4.69) is 47.0 Å². The minimum atomic E-state index is -0.989. The lowest BCUT2D eigenvalue weighted by atomic mass is 9.84. The third-order valence-electron chi connectivity index (χ3n) is 6.71. The summed E-state index contributed by atoms with van der Waals surface area (Å²) >= 11 is 1.69. The van der Waals surface area contributed by atoms with E-state index in [-0.39, 0.29) is 6.54 Å². The summed E-state index contributed by atoms with van der Waals surface area (Å²) in [6, 6.07) is 38.6. The van der Waals surface area contributed by atoms with Crippen LogP contribution in [-0.4, -0.2) is 41.1 Å². The minimum Gasteiger partial charge on any atom is -0.480 e. The van der Waals surface area contributed by atoms with Crippen molar-refractivity contribution in [1.82, 2.24) is 10.6 Å². The summed E-state index contributed by atoms with van der Waals surface area (Å²) in [5, 5.41) is 16.2. The lowest BCUT2D eigenvalue weighted by Gasteiger charge is -2.37. The zero-order valence-electron chi connectivity index (χ0n) is 24.2. The van der Waals surface area contributed by atoms with Gasteiger partial charge in [-0.3, -0.25) is 10.1 Å². The van der Waals surface area contributed by atoms with E-state index in [0.29, 0.717) is 11.3 Å². The maximum Gasteiger partial charge on any atom is 0.407 e. The number of carbonyl (C=O) groups excluding carboxylic acids is 1. The second-order valence-electron chi connectivity index (χ2n) is 11.0. The average Bonchev–Trinajstić information content (AvgIpc) is 2.98. The van der Waals surface area contributed by atoms with Crippen LogP contribution in [0.15, 0.2) is 121 Å². The van der Waals surface area contributed by atoms with Gasteiger partial charge in [-0.15, -0.1) is 11.8 Å². The van der Waals surface area contributed by atoms with Gasteiger partial charge in [-0.2, -0.15) is 0 Å². The Balaban J connectivity index is 1.70. The molecule has 42 heavy (non-hydrogen) atoms. The Kier molecular flexibility index (Phi) is 10.4. The molecule has 4 aromatic carbocycles. The SMILES string of the molecule is CC(C)(C)OC(=O)N[C@H](CN[C@H](C(=O)O)c1ccccc1)CSC(c1ccccc1)(c1ccccc1)c1ccccc1. The lowest BCUT2D eigenvalue weighted by molar-refractivity contribution is -0.139. The van der Waals surface area contributed by atoms with Crippen LogP contribution in [0.5, 0.6) is 0 Å². The van der Waals surface area contributed by atoms with Gasteiger partial charge >= 0.3 is 12.1 Å². The number of carboxylic acids is 1. The Labute approximate surface area is 252 Å². The Morgan fingerprint density at radius 2 is 1.17 bits per heavy atom. The van der Waals surface area contributed by atoms with Gasteiger partial charge in [0.15, 0.2) is 0 Å². The van der Waals surface area contributed by atoms with Crippen LogP contribution in [0.1, 0.15) is 49.1 Å². The summed E-state index contributed by atoms with van der Waals surface area (Å²) < 4.78 is 5.00. The van der Waals surface area contributed by atoms with E-state index in [4.69, 9.17) is 4.74 Å². The van der Waals surface area contributed by atoms with E-state index < -0.39 is 34.5 Å². The van der Waals surface area contributed by atoms with Crippen LogP contribution in [0, 0.1) is 0 Å². The quantitative estimate of drug-likeness (QED) is 0.156. The highest BCUT2D eigenvalue weighted by Gasteiger charge is 2.38. The number of thioether (sulfide) groups is 1. The number of alkyl carbamates (subject to hydrolysis) is 1. The van der Waals surface area contributed by atoms with Crippen LogP contribution in [0.3, 0.4) is 0 Å². The monoisotopic (exact) mass is 582 g/mol. The first kappa shape index (κ1) is 30.9. The van der Waals surface area contributed by atoms with E-state index in [9.17, 15) is 14.7 Å². The number of nitrogens with one attached hydrogen (secondary N) is 2. The molecular weight excluding hydrogens is 544 g/mol. The van der Waals surface area contributed by atoms with Crippen LogP contribution in [0.4, 0.5) is 4.79 Å². The van der Waals surface area contributed by atoms with Crippen molar-refractivity contribution in [1.29, 1.82) is 0 Å². The zero-order chi connectivity index (χ0) is 30.0. The number of ether oxygens (including phenoxy) is 1. The van der Waals surface area contributed by atoms with Crippen molar-refractivity contribution in [2.75, 3.05) is 12.3 Å². The Morgan fingerprint density at radius 3 is 1.57 bits per heavy atom. The lowest BCUT2D eigenvalue weighted by Crippen LogP contribution is -2.47. The molecule has 4 rings (SSSR count). The van der Waals surface area contributed by atoms with Gasteiger partial charge in [0.25, 0.3) is 0 Å². The molecule has 0 saturated carbocycles. The molecule has 0 heterocycles. The molecule has 0 aliphatic carbocycles. The fourth-order valence-electron chi connectivity index (χ4n) is 4.87. The standard InChI is InChI=1S/C35H38N2O4S/c1-34(2,3)41-33(40)37-30(24-36-31(32(38)39)26-16-8-4-9-17-26)25-42-35(27-18-10-5-11-19-27,28-20-12-6-13-21-28)29-22-14-7-15-23-29/h4-23,30-31,36H,24-25H2,1-3H3,(H,37,40)(H,38,39)/t30-,31+/m1/s1. The van der Waals surface area contributed by atoms with Crippen LogP contribution < -0.4 is 10.6 Å². The maximum absolute atomic E-state index is 13.0. The van der Waals surface area contributed by atoms with Crippen LogP contribution >= 0.6 is 11.8 Å². The molecular formula is C35H38N2O4S. The predicted molar refractivity (Wildman–Crippen MR) is 170 cm³/mol. The van der Waals surface area contributed by atoms with Gasteiger partial charge < -0.3 is 15.2 Å². The number of carboxylic acid groups (broad SMARTS) is 1. The van der Waals surface area contributed by atoms with Crippen molar-refractivity contribution in [3.63, 3.8) is 0 Å². The van der Waals surface area contributed by atoms with Crippen molar-refractivity contribution < 1.29 is 19.4 Å². The highest BCUT2D eigenvalue weighted by molar-refractivity contribution is 8.00. The number of carbonyl (C=O) groups is 2. The molecule has 218 valence electrons. The van der Waals surface area contributed by atoms with E-state index in [1.807, 2.05) is 93.6 Å². The number of hydrogen-bond donors (Lipinski definition) is 3. The van der Waals surface area contributed by atoms with Gasteiger partial charge in [0.1, 0.15) is 11.6 Å². The van der Waals surface area contributed by atoms with Crippen molar-refractivity contribution >= 4 is 23.8 Å². The Hall–Kier alpha value is -4.07. The van der Waals surface area contributed by atoms with E-state index in [1.165, 1.54) is 0 Å². The van der Waals surface area contributed by atoms with E-state index in [1.54, 1.807) is 23.9 Å². The largest absolute Gasteiger partial charge is 0.480 e. The molecule has 0 fully saturated rings. The van der Waals surface area contributed by atoms with Crippen LogP contribution in [0.2, 0.25) is 0 Å². The van der Waals surface area contributed by atoms with Crippen molar-refractivity contribution in [2.24, 2.45) is 0 Å². The molecule has 0 radical (unpaired) electrons. The molecule has 0 aliphatic heterocycles. The maximum atomic E-state index is 13.0. The molecule has 6 nitrogen and oxygen atoms in total. The molecule has 0 spiro atoms. The Morgan fingerprint density at radius 1 is 0.738 bits per heavy atom. The van der Waals surface area contributed by atoms with Gasteiger partial charge in [-0.25, -0.2) is 4.79 Å². The summed E-state index contributed by atoms with van der Waals surface area (Å²) in [5.74, 6) is -0.524.